The number of methoxy groups -OCH3 is 1. The molecule has 1 atom stereocenters. The summed E-state index contributed by atoms with van der Waals surface area (Å²) in [6.07, 6.45) is 0.140. The van der Waals surface area contributed by atoms with E-state index in [0.717, 1.165) is 5.56 Å². The van der Waals surface area contributed by atoms with Crippen LogP contribution >= 0.6 is 0 Å². The molecule has 0 aliphatic heterocycles. The summed E-state index contributed by atoms with van der Waals surface area (Å²) in [5, 5.41) is 9.03. The molecule has 4 nitrogen and oxygen atoms in total. The van der Waals surface area contributed by atoms with Crippen LogP contribution in [-0.4, -0.2) is 18.2 Å². The van der Waals surface area contributed by atoms with Gasteiger partial charge in [-0.25, -0.2) is 0 Å². The second-order valence-electron chi connectivity index (χ2n) is 2.98. The van der Waals surface area contributed by atoms with Crippen LogP contribution in [0.25, 0.3) is 0 Å². The molecule has 0 saturated carbocycles. The highest BCUT2D eigenvalue weighted by molar-refractivity contribution is 5.70. The normalized spacial score (nSPS) is 11.0. The van der Waals surface area contributed by atoms with Gasteiger partial charge in [0.2, 0.25) is 0 Å². The molecule has 1 unspecified atom stereocenters. The van der Waals surface area contributed by atoms with Gasteiger partial charge in [-0.2, -0.15) is 0 Å². The zero-order valence-corrected chi connectivity index (χ0v) is 9.93. The Hall–Kier alpha value is -1.55. The molecule has 0 aliphatic carbocycles. The average Bonchev–Trinajstić information content (AvgIpc) is 2.32. The molecule has 0 heterocycles. The number of phenolic OH excluding ortho intramolecular Hbond substituents is 1. The summed E-state index contributed by atoms with van der Waals surface area (Å²) in [5.41, 5.74) is 6.54. The van der Waals surface area contributed by atoms with Gasteiger partial charge < -0.3 is 15.6 Å². The molecule has 0 bridgehead atoms. The number of carbonyl (C=O) groups excluding carboxylic acids is 1. The van der Waals surface area contributed by atoms with E-state index in [2.05, 4.69) is 4.74 Å². The molecule has 1 rings (SSSR count). The number of rotatable bonds is 3. The lowest BCUT2D eigenvalue weighted by molar-refractivity contribution is -0.141. The molecule has 0 saturated heterocycles. The lowest BCUT2D eigenvalue weighted by Gasteiger charge is -2.10. The summed E-state index contributed by atoms with van der Waals surface area (Å²) in [7, 11) is 1.33. The van der Waals surface area contributed by atoms with Gasteiger partial charge in [0.15, 0.2) is 0 Å². The summed E-state index contributed by atoms with van der Waals surface area (Å²) in [6.45, 7) is 4.00. The fourth-order valence-electron chi connectivity index (χ4n) is 1.10. The first-order chi connectivity index (χ1) is 7.63. The highest BCUT2D eigenvalue weighted by Crippen LogP contribution is 2.17. The van der Waals surface area contributed by atoms with Crippen LogP contribution in [0, 0.1) is 0 Å². The van der Waals surface area contributed by atoms with Gasteiger partial charge in [0, 0.05) is 6.04 Å². The lowest BCUT2D eigenvalue weighted by atomic mass is 10.1. The minimum absolute atomic E-state index is 0.140. The minimum Gasteiger partial charge on any atom is -0.508 e. The first-order valence-electron chi connectivity index (χ1n) is 5.25. The maximum Gasteiger partial charge on any atom is 0.307 e. The number of benzene rings is 1. The highest BCUT2D eigenvalue weighted by Gasteiger charge is 2.11. The van der Waals surface area contributed by atoms with E-state index in [1.165, 1.54) is 19.2 Å². The summed E-state index contributed by atoms with van der Waals surface area (Å²) in [6, 6.07) is 6.05. The van der Waals surface area contributed by atoms with Crippen molar-refractivity contribution in [3.63, 3.8) is 0 Å². The van der Waals surface area contributed by atoms with E-state index < -0.39 is 0 Å². The Morgan fingerprint density at radius 3 is 2.31 bits per heavy atom. The van der Waals surface area contributed by atoms with Crippen LogP contribution in [0.2, 0.25) is 0 Å². The molecular formula is C12H19NO3. The van der Waals surface area contributed by atoms with Crippen molar-refractivity contribution >= 4 is 5.97 Å². The number of nitrogens with two attached hydrogens (primary N) is 1. The Morgan fingerprint density at radius 1 is 1.38 bits per heavy atom. The second-order valence-corrected chi connectivity index (χ2v) is 2.98. The fraction of sp³-hybridized carbons (Fsp3) is 0.417. The molecule has 0 radical (unpaired) electrons. The molecule has 90 valence electrons. The van der Waals surface area contributed by atoms with Gasteiger partial charge in [-0.3, -0.25) is 4.79 Å². The largest absolute Gasteiger partial charge is 0.508 e. The quantitative estimate of drug-likeness (QED) is 0.771. The molecule has 0 aliphatic rings. The number of ether oxygens (including phenoxy) is 1. The maximum absolute atomic E-state index is 10.9. The van der Waals surface area contributed by atoms with Gasteiger partial charge in [-0.1, -0.05) is 26.0 Å². The summed E-state index contributed by atoms with van der Waals surface area (Å²) in [5.74, 6) is -0.162. The van der Waals surface area contributed by atoms with E-state index in [1.807, 2.05) is 13.8 Å². The Balaban J connectivity index is 0.00000106. The second kappa shape index (κ2) is 7.70. The van der Waals surface area contributed by atoms with Crippen LogP contribution in [0.3, 0.4) is 0 Å². The molecule has 4 heteroatoms. The first kappa shape index (κ1) is 14.5. The molecular weight excluding hydrogens is 206 g/mol. The van der Waals surface area contributed by atoms with Crippen LogP contribution in [0.15, 0.2) is 24.3 Å². The van der Waals surface area contributed by atoms with E-state index in [4.69, 9.17) is 10.8 Å². The van der Waals surface area contributed by atoms with Gasteiger partial charge in [0.05, 0.1) is 13.5 Å². The van der Waals surface area contributed by atoms with Crippen LogP contribution in [0.1, 0.15) is 31.9 Å². The van der Waals surface area contributed by atoms with Crippen LogP contribution in [-0.2, 0) is 9.53 Å². The van der Waals surface area contributed by atoms with Crippen LogP contribution in [0.4, 0.5) is 0 Å². The lowest BCUT2D eigenvalue weighted by Crippen LogP contribution is -2.16. The summed E-state index contributed by atoms with van der Waals surface area (Å²) < 4.78 is 4.50. The Kier molecular flexibility index (Phi) is 6.96. The van der Waals surface area contributed by atoms with E-state index in [-0.39, 0.29) is 24.2 Å². The topological polar surface area (TPSA) is 72.5 Å². The monoisotopic (exact) mass is 225 g/mol. The van der Waals surface area contributed by atoms with Crippen molar-refractivity contribution in [1.29, 1.82) is 0 Å². The van der Waals surface area contributed by atoms with Crippen LogP contribution in [0.5, 0.6) is 5.75 Å². The molecule has 16 heavy (non-hydrogen) atoms. The van der Waals surface area contributed by atoms with Gasteiger partial charge in [-0.15, -0.1) is 0 Å². The molecule has 0 spiro atoms. The van der Waals surface area contributed by atoms with Crippen molar-refractivity contribution in [2.24, 2.45) is 5.73 Å². The van der Waals surface area contributed by atoms with E-state index in [9.17, 15) is 4.79 Å². The Bertz CT molecular complexity index is 309. The SMILES string of the molecule is CC.COC(=O)CC(N)c1ccc(O)cc1. The highest BCUT2D eigenvalue weighted by atomic mass is 16.5. The van der Waals surface area contributed by atoms with Crippen molar-refractivity contribution in [3.05, 3.63) is 29.8 Å². The number of aromatic hydroxyl groups is 1. The third kappa shape index (κ3) is 4.79. The summed E-state index contributed by atoms with van der Waals surface area (Å²) >= 11 is 0. The predicted octanol–water partition coefficient (Wildman–Crippen LogP) is 1.98. The molecule has 1 aromatic carbocycles. The van der Waals surface area contributed by atoms with Gasteiger partial charge >= 0.3 is 5.97 Å². The number of phenols is 1. The molecule has 0 aromatic heterocycles. The van der Waals surface area contributed by atoms with Gasteiger partial charge in [0.1, 0.15) is 5.75 Å². The zero-order chi connectivity index (χ0) is 12.6. The smallest absolute Gasteiger partial charge is 0.307 e. The van der Waals surface area contributed by atoms with Crippen molar-refractivity contribution in [2.45, 2.75) is 26.3 Å². The van der Waals surface area contributed by atoms with Crippen LogP contribution < -0.4 is 5.73 Å². The first-order valence-corrected chi connectivity index (χ1v) is 5.25. The number of esters is 1. The van der Waals surface area contributed by atoms with E-state index in [1.54, 1.807) is 12.1 Å². The summed E-state index contributed by atoms with van der Waals surface area (Å²) in [4.78, 5) is 10.9. The molecule has 1 aromatic rings. The number of hydrogen-bond donors (Lipinski definition) is 2. The molecule has 0 amide bonds. The van der Waals surface area contributed by atoms with E-state index in [0.29, 0.717) is 0 Å². The van der Waals surface area contributed by atoms with Gasteiger partial charge in [-0.05, 0) is 17.7 Å². The van der Waals surface area contributed by atoms with E-state index >= 15 is 0 Å². The molecule has 0 fully saturated rings. The Morgan fingerprint density at radius 2 is 1.88 bits per heavy atom. The third-order valence-corrected chi connectivity index (χ3v) is 1.94. The Labute approximate surface area is 96.0 Å². The third-order valence-electron chi connectivity index (χ3n) is 1.94. The minimum atomic E-state index is -0.386. The standard InChI is InChI=1S/C10H13NO3.C2H6/c1-14-10(13)6-9(11)7-2-4-8(12)5-3-7;1-2/h2-5,9,12H,6,11H2,1H3;1-2H3. The van der Waals surface area contributed by atoms with Crippen molar-refractivity contribution in [3.8, 4) is 5.75 Å². The average molecular weight is 225 g/mol. The maximum atomic E-state index is 10.9. The van der Waals surface area contributed by atoms with Crippen molar-refractivity contribution in [1.82, 2.24) is 0 Å². The van der Waals surface area contributed by atoms with Crippen molar-refractivity contribution < 1.29 is 14.6 Å². The van der Waals surface area contributed by atoms with Gasteiger partial charge in [0.25, 0.3) is 0 Å². The number of carbonyl (C=O) groups is 1. The molecule has 3 N–H and O–H groups in total. The fourth-order valence-corrected chi connectivity index (χ4v) is 1.10. The predicted molar refractivity (Wildman–Crippen MR) is 63.0 cm³/mol. The number of hydrogen-bond acceptors (Lipinski definition) is 4. The zero-order valence-electron chi connectivity index (χ0n) is 9.93. The van der Waals surface area contributed by atoms with Crippen molar-refractivity contribution in [2.75, 3.05) is 7.11 Å².